The Bertz CT molecular complexity index is 209. The third kappa shape index (κ3) is 4.26. The molecule has 1 saturated carbocycles. The molecule has 2 nitrogen and oxygen atoms in total. The first-order valence-corrected chi connectivity index (χ1v) is 7.70. The molecule has 0 amide bonds. The monoisotopic (exact) mass is 238 g/mol. The van der Waals surface area contributed by atoms with Gasteiger partial charge in [-0.2, -0.15) is 0 Å². The molecule has 2 unspecified atom stereocenters. The van der Waals surface area contributed by atoms with Crippen LogP contribution in [0.5, 0.6) is 0 Å². The first kappa shape index (κ1) is 13.4. The highest BCUT2D eigenvalue weighted by Crippen LogP contribution is 2.21. The van der Waals surface area contributed by atoms with Gasteiger partial charge in [0.25, 0.3) is 0 Å². The third-order valence-corrected chi connectivity index (χ3v) is 4.66. The molecule has 2 fully saturated rings. The highest BCUT2D eigenvalue weighted by molar-refractivity contribution is 4.84. The third-order valence-electron chi connectivity index (χ3n) is 4.66. The van der Waals surface area contributed by atoms with E-state index < -0.39 is 0 Å². The lowest BCUT2D eigenvalue weighted by Crippen LogP contribution is -2.50. The molecule has 17 heavy (non-hydrogen) atoms. The summed E-state index contributed by atoms with van der Waals surface area (Å²) in [4.78, 5) is 2.47. The van der Waals surface area contributed by atoms with Crippen LogP contribution in [0.4, 0.5) is 0 Å². The van der Waals surface area contributed by atoms with Crippen molar-refractivity contribution in [2.24, 2.45) is 5.92 Å². The Kier molecular flexibility index (Phi) is 5.30. The highest BCUT2D eigenvalue weighted by atomic mass is 15.1. The number of nitrogens with zero attached hydrogens (tertiary/aromatic N) is 1. The molecule has 0 aromatic carbocycles. The summed E-state index contributed by atoms with van der Waals surface area (Å²) < 4.78 is 0. The predicted molar refractivity (Wildman–Crippen MR) is 74.3 cm³/mol. The van der Waals surface area contributed by atoms with Crippen molar-refractivity contribution in [3.05, 3.63) is 0 Å². The van der Waals surface area contributed by atoms with Crippen LogP contribution in [-0.2, 0) is 0 Å². The van der Waals surface area contributed by atoms with Gasteiger partial charge in [0.05, 0.1) is 0 Å². The first-order valence-electron chi connectivity index (χ1n) is 7.70. The lowest BCUT2D eigenvalue weighted by molar-refractivity contribution is 0.161. The smallest absolute Gasteiger partial charge is 0.0120 e. The maximum absolute atomic E-state index is 3.97. The molecule has 0 bridgehead atoms. The Morgan fingerprint density at radius 3 is 2.24 bits per heavy atom. The predicted octanol–water partition coefficient (Wildman–Crippen LogP) is 3.03. The van der Waals surface area contributed by atoms with Gasteiger partial charge in [0.15, 0.2) is 0 Å². The highest BCUT2D eigenvalue weighted by Gasteiger charge is 2.26. The van der Waals surface area contributed by atoms with Gasteiger partial charge in [-0.3, -0.25) is 0 Å². The van der Waals surface area contributed by atoms with Crippen LogP contribution >= 0.6 is 0 Å². The molecule has 100 valence electrons. The second kappa shape index (κ2) is 6.75. The molecule has 2 atom stereocenters. The molecule has 0 spiro atoms. The van der Waals surface area contributed by atoms with Crippen molar-refractivity contribution in [3.8, 4) is 0 Å². The minimum atomic E-state index is 0.774. The van der Waals surface area contributed by atoms with Crippen LogP contribution in [0.1, 0.15) is 58.3 Å². The number of nitrogens with one attached hydrogen (secondary N) is 1. The summed E-state index contributed by atoms with van der Waals surface area (Å²) in [6, 6.07) is 1.58. The summed E-state index contributed by atoms with van der Waals surface area (Å²) in [5, 5.41) is 3.97. The van der Waals surface area contributed by atoms with Gasteiger partial charge >= 0.3 is 0 Å². The van der Waals surface area contributed by atoms with Crippen LogP contribution in [0, 0.1) is 5.92 Å². The Morgan fingerprint density at radius 1 is 0.941 bits per heavy atom. The molecule has 2 aliphatic rings. The zero-order chi connectivity index (χ0) is 12.1. The molecule has 0 aromatic rings. The van der Waals surface area contributed by atoms with Crippen molar-refractivity contribution in [2.45, 2.75) is 70.4 Å². The van der Waals surface area contributed by atoms with Crippen molar-refractivity contribution in [2.75, 3.05) is 20.1 Å². The Labute approximate surface area is 107 Å². The summed E-state index contributed by atoms with van der Waals surface area (Å²) in [5.74, 6) is 0.819. The van der Waals surface area contributed by atoms with E-state index in [1.54, 1.807) is 0 Å². The van der Waals surface area contributed by atoms with E-state index in [1.807, 2.05) is 0 Å². The van der Waals surface area contributed by atoms with Gasteiger partial charge in [-0.25, -0.2) is 0 Å². The molecule has 1 saturated heterocycles. The molecule has 1 N–H and O–H groups in total. The maximum atomic E-state index is 3.97. The largest absolute Gasteiger partial charge is 0.311 e. The quantitative estimate of drug-likeness (QED) is 0.795. The fourth-order valence-electron chi connectivity index (χ4n) is 3.53. The summed E-state index contributed by atoms with van der Waals surface area (Å²) >= 11 is 0. The topological polar surface area (TPSA) is 15.3 Å². The van der Waals surface area contributed by atoms with Gasteiger partial charge in [0.1, 0.15) is 0 Å². The van der Waals surface area contributed by atoms with E-state index in [1.165, 1.54) is 64.5 Å². The average molecular weight is 238 g/mol. The van der Waals surface area contributed by atoms with Gasteiger partial charge in [-0.05, 0) is 38.8 Å². The zero-order valence-corrected chi connectivity index (χ0v) is 11.8. The van der Waals surface area contributed by atoms with E-state index in [0.29, 0.717) is 0 Å². The number of hydrogen-bond acceptors (Lipinski definition) is 2. The summed E-state index contributed by atoms with van der Waals surface area (Å²) in [7, 11) is 2.25. The fourth-order valence-corrected chi connectivity index (χ4v) is 3.53. The normalized spacial score (nSPS) is 34.2. The molecular formula is C15H30N2. The second-order valence-electron chi connectivity index (χ2n) is 6.34. The van der Waals surface area contributed by atoms with E-state index in [9.17, 15) is 0 Å². The average Bonchev–Trinajstić information content (AvgIpc) is 2.25. The van der Waals surface area contributed by atoms with Crippen LogP contribution in [-0.4, -0.2) is 37.1 Å². The van der Waals surface area contributed by atoms with Crippen molar-refractivity contribution in [3.63, 3.8) is 0 Å². The van der Waals surface area contributed by atoms with Gasteiger partial charge in [-0.15, -0.1) is 0 Å². The number of likely N-dealkylation sites (tertiary alicyclic amines) is 1. The van der Waals surface area contributed by atoms with Crippen LogP contribution in [0.15, 0.2) is 0 Å². The van der Waals surface area contributed by atoms with Gasteiger partial charge in [0, 0.05) is 18.6 Å². The maximum Gasteiger partial charge on any atom is 0.0120 e. The fraction of sp³-hybridized carbons (Fsp3) is 1.00. The molecule has 1 aliphatic heterocycles. The van der Waals surface area contributed by atoms with Crippen molar-refractivity contribution in [1.29, 1.82) is 0 Å². The van der Waals surface area contributed by atoms with Crippen LogP contribution in [0.2, 0.25) is 0 Å². The molecule has 2 heteroatoms. The van der Waals surface area contributed by atoms with Gasteiger partial charge < -0.3 is 10.2 Å². The first-order chi connectivity index (χ1) is 8.25. The van der Waals surface area contributed by atoms with Crippen molar-refractivity contribution in [1.82, 2.24) is 10.2 Å². The van der Waals surface area contributed by atoms with E-state index >= 15 is 0 Å². The van der Waals surface area contributed by atoms with Crippen LogP contribution in [0.3, 0.4) is 0 Å². The van der Waals surface area contributed by atoms with Gasteiger partial charge in [-0.1, -0.05) is 39.0 Å². The standard InChI is InChI=1S/C15H30N2/c1-13-12-17(2)11-10-15(13)16-14-8-6-4-3-5-7-9-14/h13-16H,3-12H2,1-2H3. The lowest BCUT2D eigenvalue weighted by Gasteiger charge is -2.38. The minimum Gasteiger partial charge on any atom is -0.311 e. The SMILES string of the molecule is CC1CN(C)CCC1NC1CCCCCCC1. The molecule has 1 aliphatic carbocycles. The Hall–Kier alpha value is -0.0800. The van der Waals surface area contributed by atoms with Crippen molar-refractivity contribution >= 4 is 0 Å². The number of hydrogen-bond donors (Lipinski definition) is 1. The zero-order valence-electron chi connectivity index (χ0n) is 11.8. The number of piperidine rings is 1. The summed E-state index contributed by atoms with van der Waals surface area (Å²) in [6.07, 6.45) is 11.4. The van der Waals surface area contributed by atoms with E-state index in [2.05, 4.69) is 24.2 Å². The van der Waals surface area contributed by atoms with Gasteiger partial charge in [0.2, 0.25) is 0 Å². The molecule has 0 aromatic heterocycles. The van der Waals surface area contributed by atoms with E-state index in [0.717, 1.165) is 18.0 Å². The van der Waals surface area contributed by atoms with Crippen molar-refractivity contribution < 1.29 is 0 Å². The lowest BCUT2D eigenvalue weighted by atomic mass is 9.90. The Morgan fingerprint density at radius 2 is 1.59 bits per heavy atom. The molecular weight excluding hydrogens is 208 g/mol. The Balaban J connectivity index is 1.78. The molecule has 1 heterocycles. The summed E-state index contributed by atoms with van der Waals surface area (Å²) in [6.45, 7) is 4.95. The minimum absolute atomic E-state index is 0.774. The van der Waals surface area contributed by atoms with Crippen LogP contribution in [0.25, 0.3) is 0 Å². The molecule has 0 radical (unpaired) electrons. The number of rotatable bonds is 2. The van der Waals surface area contributed by atoms with E-state index in [4.69, 9.17) is 0 Å². The molecule has 2 rings (SSSR count). The summed E-state index contributed by atoms with van der Waals surface area (Å²) in [5.41, 5.74) is 0. The van der Waals surface area contributed by atoms with Crippen LogP contribution < -0.4 is 5.32 Å². The van der Waals surface area contributed by atoms with E-state index in [-0.39, 0.29) is 0 Å². The second-order valence-corrected chi connectivity index (χ2v) is 6.34.